The van der Waals surface area contributed by atoms with Gasteiger partial charge in [-0.25, -0.2) is 0 Å². The van der Waals surface area contributed by atoms with Gasteiger partial charge in [0.1, 0.15) is 0 Å². The molecule has 3 rings (SSSR count). The van der Waals surface area contributed by atoms with Crippen molar-refractivity contribution in [1.82, 2.24) is 15.2 Å². The highest BCUT2D eigenvalue weighted by Gasteiger charge is 2.49. The zero-order chi connectivity index (χ0) is 14.0. The van der Waals surface area contributed by atoms with E-state index in [1.54, 1.807) is 0 Å². The number of benzene rings is 1. The van der Waals surface area contributed by atoms with Crippen molar-refractivity contribution < 1.29 is 0 Å². The van der Waals surface area contributed by atoms with Gasteiger partial charge in [0.15, 0.2) is 0 Å². The van der Waals surface area contributed by atoms with Crippen molar-refractivity contribution in [2.24, 2.45) is 12.9 Å². The Balaban J connectivity index is 1.72. The third kappa shape index (κ3) is 2.37. The fourth-order valence-corrected chi connectivity index (χ4v) is 3.20. The minimum atomic E-state index is 0.231. The van der Waals surface area contributed by atoms with Crippen LogP contribution >= 0.6 is 0 Å². The summed E-state index contributed by atoms with van der Waals surface area (Å²) in [6.45, 7) is 0. The van der Waals surface area contributed by atoms with Crippen LogP contribution in [0.1, 0.15) is 30.5 Å². The van der Waals surface area contributed by atoms with E-state index in [1.807, 2.05) is 17.9 Å². The van der Waals surface area contributed by atoms with Crippen LogP contribution in [-0.4, -0.2) is 15.8 Å². The second kappa shape index (κ2) is 5.38. The van der Waals surface area contributed by atoms with E-state index in [-0.39, 0.29) is 5.41 Å². The molecule has 1 aliphatic rings. The highest BCUT2D eigenvalue weighted by atomic mass is 15.3. The maximum Gasteiger partial charge on any atom is 0.0492 e. The molecule has 0 amide bonds. The molecule has 4 heteroatoms. The number of rotatable bonds is 6. The van der Waals surface area contributed by atoms with Crippen molar-refractivity contribution in [3.63, 3.8) is 0 Å². The Morgan fingerprint density at radius 1 is 1.30 bits per heavy atom. The lowest BCUT2D eigenvalue weighted by Crippen LogP contribution is -2.44. The smallest absolute Gasteiger partial charge is 0.0492 e. The SMILES string of the molecule is Cn1nccc1CCC(NN)C1(c2ccccc2)CC1. The highest BCUT2D eigenvalue weighted by Crippen LogP contribution is 2.51. The lowest BCUT2D eigenvalue weighted by atomic mass is 9.85. The molecule has 1 saturated carbocycles. The van der Waals surface area contributed by atoms with Gasteiger partial charge in [-0.3, -0.25) is 16.0 Å². The van der Waals surface area contributed by atoms with Gasteiger partial charge in [-0.1, -0.05) is 30.3 Å². The molecule has 1 heterocycles. The summed E-state index contributed by atoms with van der Waals surface area (Å²) < 4.78 is 1.94. The summed E-state index contributed by atoms with van der Waals surface area (Å²) >= 11 is 0. The molecule has 106 valence electrons. The molecule has 1 aromatic heterocycles. The molecule has 1 unspecified atom stereocenters. The number of hydrogen-bond acceptors (Lipinski definition) is 3. The first-order valence-corrected chi connectivity index (χ1v) is 7.25. The lowest BCUT2D eigenvalue weighted by molar-refractivity contribution is 0.395. The van der Waals surface area contributed by atoms with E-state index < -0.39 is 0 Å². The molecule has 0 aliphatic heterocycles. The summed E-state index contributed by atoms with van der Waals surface area (Å²) in [6, 6.07) is 13.1. The zero-order valence-electron chi connectivity index (χ0n) is 11.9. The Bertz CT molecular complexity index is 557. The largest absolute Gasteiger partial charge is 0.273 e. The second-order valence-electron chi connectivity index (χ2n) is 5.73. The van der Waals surface area contributed by atoms with E-state index in [4.69, 9.17) is 5.84 Å². The predicted molar refractivity (Wildman–Crippen MR) is 80.0 cm³/mol. The number of hydrogen-bond donors (Lipinski definition) is 2. The minimum absolute atomic E-state index is 0.231. The summed E-state index contributed by atoms with van der Waals surface area (Å²) in [4.78, 5) is 0. The maximum absolute atomic E-state index is 5.84. The summed E-state index contributed by atoms with van der Waals surface area (Å²) in [6.07, 6.45) is 6.32. The lowest BCUT2D eigenvalue weighted by Gasteiger charge is -2.27. The number of aryl methyl sites for hydroxylation is 2. The quantitative estimate of drug-likeness (QED) is 0.623. The van der Waals surface area contributed by atoms with Crippen LogP contribution in [-0.2, 0) is 18.9 Å². The standard InChI is InChI=1S/C16H22N4/c1-20-14(9-12-18-20)7-8-15(19-17)16(10-11-16)13-5-3-2-4-6-13/h2-6,9,12,15,19H,7-8,10-11,17H2,1H3. The van der Waals surface area contributed by atoms with Crippen LogP contribution in [0.2, 0.25) is 0 Å². The number of nitrogens with zero attached hydrogens (tertiary/aromatic N) is 2. The third-order valence-electron chi connectivity index (χ3n) is 4.62. The van der Waals surface area contributed by atoms with Crippen LogP contribution in [0.3, 0.4) is 0 Å². The van der Waals surface area contributed by atoms with Crippen molar-refractivity contribution in [2.45, 2.75) is 37.1 Å². The highest BCUT2D eigenvalue weighted by molar-refractivity contribution is 5.33. The first-order valence-electron chi connectivity index (χ1n) is 7.25. The first kappa shape index (κ1) is 13.3. The predicted octanol–water partition coefficient (Wildman–Crippen LogP) is 1.92. The second-order valence-corrected chi connectivity index (χ2v) is 5.73. The number of nitrogens with one attached hydrogen (secondary N) is 1. The average molecular weight is 270 g/mol. The first-order chi connectivity index (χ1) is 9.76. The Morgan fingerprint density at radius 2 is 2.05 bits per heavy atom. The fourth-order valence-electron chi connectivity index (χ4n) is 3.20. The molecule has 1 fully saturated rings. The molecule has 0 radical (unpaired) electrons. The molecule has 1 aromatic carbocycles. The molecule has 20 heavy (non-hydrogen) atoms. The molecular formula is C16H22N4. The average Bonchev–Trinajstić information content (AvgIpc) is 3.19. The fraction of sp³-hybridized carbons (Fsp3) is 0.438. The van der Waals surface area contributed by atoms with E-state index in [9.17, 15) is 0 Å². The summed E-state index contributed by atoms with van der Waals surface area (Å²) in [5.74, 6) is 5.84. The van der Waals surface area contributed by atoms with Gasteiger partial charge in [0.2, 0.25) is 0 Å². The van der Waals surface area contributed by atoms with Crippen molar-refractivity contribution in [3.8, 4) is 0 Å². The van der Waals surface area contributed by atoms with Crippen molar-refractivity contribution in [2.75, 3.05) is 0 Å². The Hall–Kier alpha value is -1.65. The van der Waals surface area contributed by atoms with Crippen LogP contribution < -0.4 is 11.3 Å². The molecular weight excluding hydrogens is 248 g/mol. The van der Waals surface area contributed by atoms with E-state index in [2.05, 4.69) is 46.9 Å². The van der Waals surface area contributed by atoms with Crippen LogP contribution in [0.4, 0.5) is 0 Å². The monoisotopic (exact) mass is 270 g/mol. The molecule has 1 aliphatic carbocycles. The van der Waals surface area contributed by atoms with Gasteiger partial charge >= 0.3 is 0 Å². The maximum atomic E-state index is 5.84. The minimum Gasteiger partial charge on any atom is -0.273 e. The zero-order valence-corrected chi connectivity index (χ0v) is 11.9. The summed E-state index contributed by atoms with van der Waals surface area (Å²) in [7, 11) is 1.99. The van der Waals surface area contributed by atoms with Gasteiger partial charge in [-0.15, -0.1) is 0 Å². The van der Waals surface area contributed by atoms with Crippen LogP contribution in [0, 0.1) is 0 Å². The summed E-state index contributed by atoms with van der Waals surface area (Å²) in [5.41, 5.74) is 5.95. The van der Waals surface area contributed by atoms with E-state index in [0.29, 0.717) is 6.04 Å². The van der Waals surface area contributed by atoms with Crippen LogP contribution in [0.25, 0.3) is 0 Å². The normalized spacial score (nSPS) is 17.9. The van der Waals surface area contributed by atoms with Gasteiger partial charge in [-0.05, 0) is 37.3 Å². The number of hydrazine groups is 1. The molecule has 0 spiro atoms. The molecule has 2 aromatic rings. The van der Waals surface area contributed by atoms with Crippen molar-refractivity contribution in [3.05, 3.63) is 53.9 Å². The van der Waals surface area contributed by atoms with Gasteiger partial charge in [0, 0.05) is 30.4 Å². The van der Waals surface area contributed by atoms with Gasteiger partial charge in [0.25, 0.3) is 0 Å². The van der Waals surface area contributed by atoms with Crippen molar-refractivity contribution in [1.29, 1.82) is 0 Å². The van der Waals surface area contributed by atoms with Crippen LogP contribution in [0.5, 0.6) is 0 Å². The molecule has 0 saturated heterocycles. The topological polar surface area (TPSA) is 55.9 Å². The van der Waals surface area contributed by atoms with E-state index >= 15 is 0 Å². The van der Waals surface area contributed by atoms with Crippen LogP contribution in [0.15, 0.2) is 42.6 Å². The van der Waals surface area contributed by atoms with Crippen molar-refractivity contribution >= 4 is 0 Å². The van der Waals surface area contributed by atoms with Gasteiger partial charge in [0.05, 0.1) is 0 Å². The number of nitrogens with two attached hydrogens (primary N) is 1. The molecule has 4 nitrogen and oxygen atoms in total. The van der Waals surface area contributed by atoms with Gasteiger partial charge < -0.3 is 0 Å². The van der Waals surface area contributed by atoms with E-state index in [1.165, 1.54) is 24.1 Å². The Morgan fingerprint density at radius 3 is 2.60 bits per heavy atom. The third-order valence-corrected chi connectivity index (χ3v) is 4.62. The molecule has 0 bridgehead atoms. The Kier molecular flexibility index (Phi) is 3.59. The molecule has 1 atom stereocenters. The Labute approximate surface area is 120 Å². The molecule has 3 N–H and O–H groups in total. The van der Waals surface area contributed by atoms with E-state index in [0.717, 1.165) is 12.8 Å². The summed E-state index contributed by atoms with van der Waals surface area (Å²) in [5, 5.41) is 4.22. The van der Waals surface area contributed by atoms with Gasteiger partial charge in [-0.2, -0.15) is 5.10 Å². The number of aromatic nitrogens is 2.